The first-order chi connectivity index (χ1) is 10.1. The zero-order valence-corrected chi connectivity index (χ0v) is 11.6. The van der Waals surface area contributed by atoms with E-state index in [1.807, 2.05) is 0 Å². The number of nitrogen functional groups attached to an aromatic ring is 1. The van der Waals surface area contributed by atoms with Crippen LogP contribution in [0.4, 0.5) is 10.1 Å². The summed E-state index contributed by atoms with van der Waals surface area (Å²) in [5, 5.41) is 0. The Balaban J connectivity index is 2.09. The molecular weight excluding hydrogens is 273 g/mol. The van der Waals surface area contributed by atoms with Crippen LogP contribution in [0.5, 0.6) is 0 Å². The summed E-state index contributed by atoms with van der Waals surface area (Å²) in [5.41, 5.74) is 7.47. The first kappa shape index (κ1) is 15.0. The molecule has 0 saturated carbocycles. The Labute approximate surface area is 122 Å². The minimum atomic E-state index is -0.516. The molecule has 4 nitrogen and oxygen atoms in total. The second-order valence-electron chi connectivity index (χ2n) is 4.46. The lowest BCUT2D eigenvalue weighted by Crippen LogP contribution is -2.10. The maximum absolute atomic E-state index is 13.5. The van der Waals surface area contributed by atoms with Crippen LogP contribution in [0.2, 0.25) is 0 Å². The van der Waals surface area contributed by atoms with E-state index in [2.05, 4.69) is 0 Å². The molecule has 0 aliphatic carbocycles. The average Bonchev–Trinajstić information content (AvgIpc) is 2.48. The molecule has 0 atom stereocenters. The molecule has 0 unspecified atom stereocenters. The lowest BCUT2D eigenvalue weighted by molar-refractivity contribution is 0.0591. The summed E-state index contributed by atoms with van der Waals surface area (Å²) in [5.74, 6) is -0.837. The molecule has 0 fully saturated rings. The van der Waals surface area contributed by atoms with Crippen LogP contribution in [0.25, 0.3) is 0 Å². The number of halogens is 1. The maximum atomic E-state index is 13.5. The van der Waals surface area contributed by atoms with Gasteiger partial charge in [0.1, 0.15) is 5.82 Å². The van der Waals surface area contributed by atoms with Crippen molar-refractivity contribution in [1.82, 2.24) is 0 Å². The highest BCUT2D eigenvalue weighted by Crippen LogP contribution is 2.20. The van der Waals surface area contributed by atoms with Gasteiger partial charge in [0.2, 0.25) is 0 Å². The number of rotatable bonds is 5. The highest BCUT2D eigenvalue weighted by atomic mass is 19.1. The van der Waals surface area contributed by atoms with Gasteiger partial charge < -0.3 is 15.2 Å². The molecule has 21 heavy (non-hydrogen) atoms. The van der Waals surface area contributed by atoms with Gasteiger partial charge in [0.15, 0.2) is 0 Å². The molecule has 2 N–H and O–H groups in total. The molecular formula is C16H16FNO3. The summed E-state index contributed by atoms with van der Waals surface area (Å²) < 4.78 is 23.6. The first-order valence-corrected chi connectivity index (χ1v) is 6.40. The van der Waals surface area contributed by atoms with Crippen molar-refractivity contribution in [3.8, 4) is 0 Å². The van der Waals surface area contributed by atoms with E-state index >= 15 is 0 Å². The van der Waals surface area contributed by atoms with Gasteiger partial charge in [0.25, 0.3) is 0 Å². The van der Waals surface area contributed by atoms with Crippen LogP contribution in [-0.2, 0) is 22.7 Å². The Morgan fingerprint density at radius 2 is 1.76 bits per heavy atom. The predicted octanol–water partition coefficient (Wildman–Crippen LogP) is 2.91. The van der Waals surface area contributed by atoms with Crippen LogP contribution < -0.4 is 5.73 Å². The van der Waals surface area contributed by atoms with Crippen molar-refractivity contribution in [1.29, 1.82) is 0 Å². The Bertz CT molecular complexity index is 643. The Morgan fingerprint density at radius 1 is 1.10 bits per heavy atom. The quantitative estimate of drug-likeness (QED) is 0.679. The van der Waals surface area contributed by atoms with Gasteiger partial charge in [-0.2, -0.15) is 0 Å². The number of nitrogens with two attached hydrogens (primary N) is 1. The van der Waals surface area contributed by atoms with Gasteiger partial charge in [-0.25, -0.2) is 9.18 Å². The van der Waals surface area contributed by atoms with Crippen LogP contribution in [0.1, 0.15) is 21.5 Å². The summed E-state index contributed by atoms with van der Waals surface area (Å²) in [6.07, 6.45) is 0. The smallest absolute Gasteiger partial charge is 0.340 e. The monoisotopic (exact) mass is 289 g/mol. The van der Waals surface area contributed by atoms with E-state index in [-0.39, 0.29) is 24.6 Å². The molecule has 0 aliphatic rings. The van der Waals surface area contributed by atoms with E-state index in [0.717, 1.165) is 0 Å². The molecule has 0 heterocycles. The van der Waals surface area contributed by atoms with Crippen molar-refractivity contribution in [2.45, 2.75) is 13.2 Å². The second kappa shape index (κ2) is 6.85. The number of esters is 1. The van der Waals surface area contributed by atoms with Crippen molar-refractivity contribution in [3.63, 3.8) is 0 Å². The molecule has 0 spiro atoms. The molecule has 110 valence electrons. The van der Waals surface area contributed by atoms with Gasteiger partial charge in [-0.15, -0.1) is 0 Å². The van der Waals surface area contributed by atoms with Gasteiger partial charge in [-0.3, -0.25) is 0 Å². The van der Waals surface area contributed by atoms with Crippen LogP contribution >= 0.6 is 0 Å². The highest BCUT2D eigenvalue weighted by Gasteiger charge is 2.15. The summed E-state index contributed by atoms with van der Waals surface area (Å²) >= 11 is 0. The Morgan fingerprint density at radius 3 is 2.48 bits per heavy atom. The molecule has 0 radical (unpaired) electrons. The van der Waals surface area contributed by atoms with E-state index in [0.29, 0.717) is 16.8 Å². The normalized spacial score (nSPS) is 10.4. The molecule has 0 saturated heterocycles. The number of carbonyl (C=O) groups excluding carboxylic acids is 1. The molecule has 2 aromatic rings. The fraction of sp³-hybridized carbons (Fsp3) is 0.188. The fourth-order valence-corrected chi connectivity index (χ4v) is 1.98. The first-order valence-electron chi connectivity index (χ1n) is 6.40. The minimum absolute atomic E-state index is 0.113. The standard InChI is InChI=1S/C16H16FNO3/c1-20-16(19)15-12(6-4-8-14(15)18)10-21-9-11-5-2-3-7-13(11)17/h2-8H,9-10,18H2,1H3. The van der Waals surface area contributed by atoms with Gasteiger partial charge in [-0.05, 0) is 17.7 Å². The lowest BCUT2D eigenvalue weighted by atomic mass is 10.1. The van der Waals surface area contributed by atoms with Crippen LogP contribution in [0.3, 0.4) is 0 Å². The third-order valence-corrected chi connectivity index (χ3v) is 3.05. The minimum Gasteiger partial charge on any atom is -0.465 e. The van der Waals surface area contributed by atoms with E-state index in [9.17, 15) is 9.18 Å². The van der Waals surface area contributed by atoms with E-state index in [1.165, 1.54) is 13.2 Å². The molecule has 2 aromatic carbocycles. The molecule has 0 bridgehead atoms. The molecule has 0 aliphatic heterocycles. The third-order valence-electron chi connectivity index (χ3n) is 3.05. The highest BCUT2D eigenvalue weighted by molar-refractivity contribution is 5.96. The van der Waals surface area contributed by atoms with E-state index < -0.39 is 5.97 Å². The second-order valence-corrected chi connectivity index (χ2v) is 4.46. The zero-order chi connectivity index (χ0) is 15.2. The number of anilines is 1. The van der Waals surface area contributed by atoms with Crippen LogP contribution in [0.15, 0.2) is 42.5 Å². The molecule has 5 heteroatoms. The van der Waals surface area contributed by atoms with Gasteiger partial charge in [0.05, 0.1) is 25.9 Å². The zero-order valence-electron chi connectivity index (χ0n) is 11.6. The van der Waals surface area contributed by atoms with Gasteiger partial charge >= 0.3 is 5.97 Å². The summed E-state index contributed by atoms with van der Waals surface area (Å²) in [7, 11) is 1.29. The summed E-state index contributed by atoms with van der Waals surface area (Å²) in [4.78, 5) is 11.7. The Kier molecular flexibility index (Phi) is 4.90. The molecule has 0 aromatic heterocycles. The van der Waals surface area contributed by atoms with Crippen molar-refractivity contribution in [3.05, 3.63) is 65.0 Å². The fourth-order valence-electron chi connectivity index (χ4n) is 1.98. The maximum Gasteiger partial charge on any atom is 0.340 e. The molecule has 0 amide bonds. The van der Waals surface area contributed by atoms with E-state index in [1.54, 1.807) is 36.4 Å². The number of carbonyl (C=O) groups is 1. The lowest BCUT2D eigenvalue weighted by Gasteiger charge is -2.11. The number of hydrogen-bond acceptors (Lipinski definition) is 4. The van der Waals surface area contributed by atoms with Crippen molar-refractivity contribution >= 4 is 11.7 Å². The van der Waals surface area contributed by atoms with Crippen molar-refractivity contribution in [2.24, 2.45) is 0 Å². The Hall–Kier alpha value is -2.40. The number of methoxy groups -OCH3 is 1. The van der Waals surface area contributed by atoms with Crippen LogP contribution in [0, 0.1) is 5.82 Å². The van der Waals surface area contributed by atoms with Gasteiger partial charge in [-0.1, -0.05) is 30.3 Å². The van der Waals surface area contributed by atoms with Gasteiger partial charge in [0, 0.05) is 11.3 Å². The topological polar surface area (TPSA) is 61.5 Å². The predicted molar refractivity (Wildman–Crippen MR) is 77.1 cm³/mol. The number of ether oxygens (including phenoxy) is 2. The van der Waals surface area contributed by atoms with Crippen LogP contribution in [-0.4, -0.2) is 13.1 Å². The molecule has 2 rings (SSSR count). The number of hydrogen-bond donors (Lipinski definition) is 1. The average molecular weight is 289 g/mol. The largest absolute Gasteiger partial charge is 0.465 e. The number of benzene rings is 2. The SMILES string of the molecule is COC(=O)c1c(N)cccc1COCc1ccccc1F. The summed E-state index contributed by atoms with van der Waals surface area (Å²) in [6.45, 7) is 0.256. The summed E-state index contributed by atoms with van der Waals surface area (Å²) in [6, 6.07) is 11.4. The third kappa shape index (κ3) is 3.58. The van der Waals surface area contributed by atoms with E-state index in [4.69, 9.17) is 15.2 Å². The van der Waals surface area contributed by atoms with Crippen molar-refractivity contribution < 1.29 is 18.7 Å². The van der Waals surface area contributed by atoms with Crippen molar-refractivity contribution in [2.75, 3.05) is 12.8 Å².